The Morgan fingerprint density at radius 1 is 1.46 bits per heavy atom. The van der Waals surface area contributed by atoms with Crippen LogP contribution >= 0.6 is 15.9 Å². The molecule has 68 valence electrons. The van der Waals surface area contributed by atoms with E-state index in [1.165, 1.54) is 6.07 Å². The summed E-state index contributed by atoms with van der Waals surface area (Å²) in [7, 11) is 1.74. The SMILES string of the molecule is Cc1nn(C)c2c(F)cc(Br)cc12. The van der Waals surface area contributed by atoms with Crippen LogP contribution in [0.2, 0.25) is 0 Å². The van der Waals surface area contributed by atoms with E-state index in [0.29, 0.717) is 5.52 Å². The number of aryl methyl sites for hydroxylation is 2. The second-order valence-electron chi connectivity index (χ2n) is 2.99. The van der Waals surface area contributed by atoms with Gasteiger partial charge in [0.1, 0.15) is 11.3 Å². The van der Waals surface area contributed by atoms with Crippen molar-refractivity contribution in [3.8, 4) is 0 Å². The van der Waals surface area contributed by atoms with E-state index in [1.807, 2.05) is 13.0 Å². The van der Waals surface area contributed by atoms with Crippen LogP contribution in [0.4, 0.5) is 4.39 Å². The van der Waals surface area contributed by atoms with Crippen molar-refractivity contribution in [1.29, 1.82) is 0 Å². The van der Waals surface area contributed by atoms with E-state index in [2.05, 4.69) is 21.0 Å². The van der Waals surface area contributed by atoms with E-state index < -0.39 is 0 Å². The topological polar surface area (TPSA) is 17.8 Å². The highest BCUT2D eigenvalue weighted by molar-refractivity contribution is 9.10. The van der Waals surface area contributed by atoms with Gasteiger partial charge in [0, 0.05) is 16.9 Å². The van der Waals surface area contributed by atoms with Crippen LogP contribution < -0.4 is 0 Å². The highest BCUT2D eigenvalue weighted by atomic mass is 79.9. The zero-order valence-corrected chi connectivity index (χ0v) is 8.89. The minimum atomic E-state index is -0.243. The zero-order valence-electron chi connectivity index (χ0n) is 7.31. The number of hydrogen-bond donors (Lipinski definition) is 0. The summed E-state index contributed by atoms with van der Waals surface area (Å²) in [5, 5.41) is 5.00. The fourth-order valence-electron chi connectivity index (χ4n) is 1.50. The fourth-order valence-corrected chi connectivity index (χ4v) is 1.93. The van der Waals surface area contributed by atoms with Gasteiger partial charge in [-0.05, 0) is 19.1 Å². The summed E-state index contributed by atoms with van der Waals surface area (Å²) in [5.41, 5.74) is 1.40. The molecule has 0 spiro atoms. The molecule has 0 radical (unpaired) electrons. The smallest absolute Gasteiger partial charge is 0.150 e. The van der Waals surface area contributed by atoms with Gasteiger partial charge in [0.2, 0.25) is 0 Å². The summed E-state index contributed by atoms with van der Waals surface area (Å²) in [6.45, 7) is 1.87. The van der Waals surface area contributed by atoms with Crippen molar-refractivity contribution in [2.24, 2.45) is 7.05 Å². The molecule has 4 heteroatoms. The van der Waals surface area contributed by atoms with Crippen molar-refractivity contribution in [1.82, 2.24) is 9.78 Å². The molecule has 2 aromatic rings. The third-order valence-electron chi connectivity index (χ3n) is 2.04. The quantitative estimate of drug-likeness (QED) is 0.695. The summed E-state index contributed by atoms with van der Waals surface area (Å²) >= 11 is 3.25. The van der Waals surface area contributed by atoms with Gasteiger partial charge in [-0.3, -0.25) is 4.68 Å². The summed E-state index contributed by atoms with van der Waals surface area (Å²) in [5.74, 6) is -0.243. The second-order valence-corrected chi connectivity index (χ2v) is 3.91. The van der Waals surface area contributed by atoms with Gasteiger partial charge in [-0.1, -0.05) is 15.9 Å². The fraction of sp³-hybridized carbons (Fsp3) is 0.222. The van der Waals surface area contributed by atoms with Crippen LogP contribution in [0.3, 0.4) is 0 Å². The third-order valence-corrected chi connectivity index (χ3v) is 2.50. The Morgan fingerprint density at radius 3 is 2.85 bits per heavy atom. The third kappa shape index (κ3) is 1.25. The summed E-state index contributed by atoms with van der Waals surface area (Å²) in [6, 6.07) is 3.32. The van der Waals surface area contributed by atoms with Gasteiger partial charge in [0.05, 0.1) is 5.69 Å². The molecule has 2 rings (SSSR count). The Bertz CT molecular complexity index is 476. The zero-order chi connectivity index (χ0) is 9.59. The highest BCUT2D eigenvalue weighted by Gasteiger charge is 2.10. The number of hydrogen-bond acceptors (Lipinski definition) is 1. The van der Waals surface area contributed by atoms with Gasteiger partial charge in [-0.2, -0.15) is 5.10 Å². The van der Waals surface area contributed by atoms with Crippen LogP contribution in [0.25, 0.3) is 10.9 Å². The van der Waals surface area contributed by atoms with Gasteiger partial charge in [0.25, 0.3) is 0 Å². The molecule has 0 aliphatic carbocycles. The standard InChI is InChI=1S/C9H8BrFN2/c1-5-7-3-6(10)4-8(11)9(7)13(2)12-5/h3-4H,1-2H3. The molecule has 0 bridgehead atoms. The minimum Gasteiger partial charge on any atom is -0.265 e. The van der Waals surface area contributed by atoms with Crippen molar-refractivity contribution in [2.75, 3.05) is 0 Å². The molecule has 0 saturated heterocycles. The lowest BCUT2D eigenvalue weighted by molar-refractivity contribution is 0.624. The molecule has 2 nitrogen and oxygen atoms in total. The van der Waals surface area contributed by atoms with Crippen molar-refractivity contribution in [2.45, 2.75) is 6.92 Å². The van der Waals surface area contributed by atoms with Gasteiger partial charge in [0.15, 0.2) is 0 Å². The van der Waals surface area contributed by atoms with E-state index in [0.717, 1.165) is 15.6 Å². The molecule has 0 N–H and O–H groups in total. The summed E-state index contributed by atoms with van der Waals surface area (Å²) in [4.78, 5) is 0. The van der Waals surface area contributed by atoms with Crippen molar-refractivity contribution >= 4 is 26.8 Å². The average Bonchev–Trinajstić information content (AvgIpc) is 2.27. The Hall–Kier alpha value is -0.900. The van der Waals surface area contributed by atoms with Crippen LogP contribution in [0, 0.1) is 12.7 Å². The molecule has 0 unspecified atom stereocenters. The molecule has 1 aromatic carbocycles. The predicted octanol–water partition coefficient (Wildman–Crippen LogP) is 2.78. The molecule has 0 saturated carbocycles. The lowest BCUT2D eigenvalue weighted by atomic mass is 10.2. The maximum Gasteiger partial charge on any atom is 0.150 e. The molecule has 1 heterocycles. The summed E-state index contributed by atoms with van der Waals surface area (Å²) < 4.78 is 15.7. The monoisotopic (exact) mass is 242 g/mol. The lowest BCUT2D eigenvalue weighted by Crippen LogP contribution is -1.91. The molecule has 0 fully saturated rings. The van der Waals surface area contributed by atoms with Gasteiger partial charge in [-0.15, -0.1) is 0 Å². The molecule has 0 aliphatic rings. The van der Waals surface area contributed by atoms with Crippen molar-refractivity contribution in [3.63, 3.8) is 0 Å². The van der Waals surface area contributed by atoms with Crippen LogP contribution in [-0.2, 0) is 7.05 Å². The van der Waals surface area contributed by atoms with Crippen molar-refractivity contribution < 1.29 is 4.39 Å². The Kier molecular flexibility index (Phi) is 1.87. The molecule has 0 amide bonds. The molecular weight excluding hydrogens is 235 g/mol. The van der Waals surface area contributed by atoms with Crippen LogP contribution in [-0.4, -0.2) is 9.78 Å². The van der Waals surface area contributed by atoms with Gasteiger partial charge >= 0.3 is 0 Å². The van der Waals surface area contributed by atoms with Gasteiger partial charge < -0.3 is 0 Å². The highest BCUT2D eigenvalue weighted by Crippen LogP contribution is 2.24. The van der Waals surface area contributed by atoms with Crippen LogP contribution in [0.15, 0.2) is 16.6 Å². The predicted molar refractivity (Wildman–Crippen MR) is 53.1 cm³/mol. The number of halogens is 2. The largest absolute Gasteiger partial charge is 0.265 e. The van der Waals surface area contributed by atoms with E-state index in [4.69, 9.17) is 0 Å². The van der Waals surface area contributed by atoms with E-state index in [-0.39, 0.29) is 5.82 Å². The molecule has 0 aliphatic heterocycles. The van der Waals surface area contributed by atoms with E-state index in [1.54, 1.807) is 11.7 Å². The average molecular weight is 243 g/mol. The molecule has 0 atom stereocenters. The Morgan fingerprint density at radius 2 is 2.15 bits per heavy atom. The number of fused-ring (bicyclic) bond motifs is 1. The Balaban J connectivity index is 2.97. The number of aromatic nitrogens is 2. The minimum absolute atomic E-state index is 0.243. The normalized spacial score (nSPS) is 11.1. The number of nitrogens with zero attached hydrogens (tertiary/aromatic N) is 2. The first-order valence-corrected chi connectivity index (χ1v) is 4.67. The van der Waals surface area contributed by atoms with Crippen LogP contribution in [0.1, 0.15) is 5.69 Å². The number of benzene rings is 1. The van der Waals surface area contributed by atoms with Crippen molar-refractivity contribution in [3.05, 3.63) is 28.1 Å². The lowest BCUT2D eigenvalue weighted by Gasteiger charge is -1.96. The maximum atomic E-state index is 13.4. The van der Waals surface area contributed by atoms with E-state index in [9.17, 15) is 4.39 Å². The first-order valence-electron chi connectivity index (χ1n) is 3.88. The Labute approximate surface area is 83.5 Å². The molecule has 13 heavy (non-hydrogen) atoms. The first kappa shape index (κ1) is 8.69. The van der Waals surface area contributed by atoms with E-state index >= 15 is 0 Å². The molecule has 1 aromatic heterocycles. The number of rotatable bonds is 0. The first-order chi connectivity index (χ1) is 6.09. The summed E-state index contributed by atoms with van der Waals surface area (Å²) in [6.07, 6.45) is 0. The second kappa shape index (κ2) is 2.80. The van der Waals surface area contributed by atoms with Gasteiger partial charge in [-0.25, -0.2) is 4.39 Å². The maximum absolute atomic E-state index is 13.4. The molecular formula is C9H8BrFN2. The van der Waals surface area contributed by atoms with Crippen LogP contribution in [0.5, 0.6) is 0 Å².